The Bertz CT molecular complexity index is 2680. The van der Waals surface area contributed by atoms with E-state index in [-0.39, 0.29) is 67.3 Å². The summed E-state index contributed by atoms with van der Waals surface area (Å²) in [6.07, 6.45) is 2.29. The fourth-order valence-corrected chi connectivity index (χ4v) is 9.61. The fourth-order valence-electron chi connectivity index (χ4n) is 8.27. The van der Waals surface area contributed by atoms with Gasteiger partial charge in [0.15, 0.2) is 0 Å². The molecule has 0 unspecified atom stereocenters. The lowest BCUT2D eigenvalue weighted by molar-refractivity contribution is -0.143. The highest BCUT2D eigenvalue weighted by Crippen LogP contribution is 2.35. The summed E-state index contributed by atoms with van der Waals surface area (Å²) in [7, 11) is 2.29. The molecule has 4 bridgehead atoms. The summed E-state index contributed by atoms with van der Waals surface area (Å²) in [6.45, 7) is 12.6. The Morgan fingerprint density at radius 3 is 2.29 bits per heavy atom. The molecule has 6 N–H and O–H groups in total. The standard InChI is InChI=1S/C51H74F2N12O10S/c1-32(2)46(48(69)61-76(9,72)31-33-24-43-58-42-27-36(37(53)29-56-42)35-14-13-34(52)26-40(35)73-22-11-23-74-45(25-33)59-43)60-47(68)39-12-10-16-65(39)49(70)38(28-41(54)66)57-44(67)30-64(8)21-20-63(7)19-18-62(6)17-15-55-50(71)75-51(3,4)5/h13-14,24-27,29,32,38-39,46H,10-12,15-23,28,30-31H2,1-9H3,(H2,54,66)(H,55,71)(H,57,67)(H,60,68)(H,56,58,59)/t38-,39-,46-,76+/m0/s1. The van der Waals surface area contributed by atoms with Gasteiger partial charge in [0.2, 0.25) is 29.5 Å². The minimum atomic E-state index is -3.36. The van der Waals surface area contributed by atoms with E-state index in [4.69, 9.17) is 19.9 Å². The molecule has 0 radical (unpaired) electrons. The molecule has 0 spiro atoms. The second kappa shape index (κ2) is 27.5. The molecule has 25 heteroatoms. The molecule has 6 amide bonds. The van der Waals surface area contributed by atoms with Crippen LogP contribution in [0.15, 0.2) is 47.0 Å². The zero-order chi connectivity index (χ0) is 55.9. The van der Waals surface area contributed by atoms with Gasteiger partial charge in [-0.15, -0.1) is 0 Å². The van der Waals surface area contributed by atoms with Crippen LogP contribution in [0.5, 0.6) is 11.6 Å². The number of likely N-dealkylation sites (N-methyl/N-ethyl adjacent to an activating group) is 3. The summed E-state index contributed by atoms with van der Waals surface area (Å²) in [5, 5.41) is 11.1. The van der Waals surface area contributed by atoms with Gasteiger partial charge in [0.25, 0.3) is 5.91 Å². The number of hydrogen-bond acceptors (Lipinski definition) is 16. The highest BCUT2D eigenvalue weighted by molar-refractivity contribution is 7.92. The van der Waals surface area contributed by atoms with E-state index in [1.165, 1.54) is 41.5 Å². The molecule has 1 fully saturated rings. The lowest BCUT2D eigenvalue weighted by Gasteiger charge is -2.30. The molecule has 4 heterocycles. The van der Waals surface area contributed by atoms with Crippen LogP contribution in [0, 0.1) is 17.6 Å². The van der Waals surface area contributed by atoms with E-state index in [2.05, 4.69) is 45.4 Å². The van der Waals surface area contributed by atoms with Crippen LogP contribution >= 0.6 is 0 Å². The third-order valence-corrected chi connectivity index (χ3v) is 13.6. The van der Waals surface area contributed by atoms with Crippen LogP contribution in [-0.2, 0) is 44.2 Å². The Balaban J connectivity index is 1.18. The molecule has 2 aliphatic rings. The maximum absolute atomic E-state index is 15.2. The smallest absolute Gasteiger partial charge is 0.407 e. The molecule has 418 valence electrons. The summed E-state index contributed by atoms with van der Waals surface area (Å²) in [4.78, 5) is 95.2. The minimum Gasteiger partial charge on any atom is -0.493 e. The van der Waals surface area contributed by atoms with Crippen LogP contribution in [0.1, 0.15) is 65.9 Å². The van der Waals surface area contributed by atoms with Crippen LogP contribution in [0.2, 0.25) is 0 Å². The number of nitrogens with zero attached hydrogens (tertiary/aromatic N) is 7. The molecule has 0 saturated carbocycles. The molecule has 2 aliphatic heterocycles. The number of hydrogen-bond donors (Lipinski definition) is 5. The number of likely N-dealkylation sites (tertiary alicyclic amines) is 1. The predicted molar refractivity (Wildman–Crippen MR) is 282 cm³/mol. The zero-order valence-corrected chi connectivity index (χ0v) is 45.7. The number of benzene rings is 1. The van der Waals surface area contributed by atoms with Crippen LogP contribution in [0.4, 0.5) is 25.2 Å². The van der Waals surface area contributed by atoms with E-state index in [0.29, 0.717) is 56.7 Å². The van der Waals surface area contributed by atoms with Crippen molar-refractivity contribution in [2.45, 2.75) is 89.8 Å². The number of nitrogens with two attached hydrogens (primary N) is 1. The normalized spacial score (nSPS) is 16.2. The van der Waals surface area contributed by atoms with Gasteiger partial charge in [0.1, 0.15) is 52.7 Å². The molecule has 3 aromatic rings. The molecule has 4 atom stereocenters. The molecule has 5 rings (SSSR count). The van der Waals surface area contributed by atoms with E-state index in [0.717, 1.165) is 12.7 Å². The van der Waals surface area contributed by atoms with Crippen LogP contribution in [0.25, 0.3) is 11.1 Å². The molecule has 2 aromatic heterocycles. The van der Waals surface area contributed by atoms with Gasteiger partial charge in [-0.3, -0.25) is 28.9 Å². The van der Waals surface area contributed by atoms with Crippen molar-refractivity contribution >= 4 is 57.0 Å². The van der Waals surface area contributed by atoms with Crippen LogP contribution in [-0.4, -0.2) is 186 Å². The van der Waals surface area contributed by atoms with Crippen molar-refractivity contribution < 1.29 is 56.0 Å². The first kappa shape index (κ1) is 60.3. The number of rotatable bonds is 21. The van der Waals surface area contributed by atoms with E-state index in [9.17, 15) is 37.4 Å². The summed E-state index contributed by atoms with van der Waals surface area (Å²) in [6, 6.07) is 4.62. The van der Waals surface area contributed by atoms with Gasteiger partial charge < -0.3 is 55.9 Å². The topological polar surface area (TPSA) is 272 Å². The average Bonchev–Trinajstić information content (AvgIpc) is 3.81. The number of aromatic nitrogens is 2. The van der Waals surface area contributed by atoms with Crippen molar-refractivity contribution in [3.05, 3.63) is 59.8 Å². The molecule has 22 nitrogen and oxygen atoms in total. The summed E-state index contributed by atoms with van der Waals surface area (Å²) in [5.74, 6) is -4.97. The number of halogens is 2. The second-order valence-corrected chi connectivity index (χ2v) is 23.0. The number of ether oxygens (including phenoxy) is 3. The largest absolute Gasteiger partial charge is 0.493 e. The van der Waals surface area contributed by atoms with Gasteiger partial charge in [-0.25, -0.2) is 22.8 Å². The number of carbonyl (C=O) groups is 6. The Labute approximate surface area is 443 Å². The number of primary amides is 1. The van der Waals surface area contributed by atoms with Crippen molar-refractivity contribution in [2.24, 2.45) is 16.0 Å². The third kappa shape index (κ3) is 19.2. The predicted octanol–water partition coefficient (Wildman–Crippen LogP) is 3.26. The van der Waals surface area contributed by atoms with E-state index in [1.807, 2.05) is 14.1 Å². The number of anilines is 2. The Hall–Kier alpha value is -6.57. The maximum Gasteiger partial charge on any atom is 0.407 e. The van der Waals surface area contributed by atoms with Crippen LogP contribution < -0.4 is 36.5 Å². The molecule has 0 aliphatic carbocycles. The van der Waals surface area contributed by atoms with E-state index in [1.54, 1.807) is 52.6 Å². The quantitative estimate of drug-likeness (QED) is 0.102. The number of nitrogens with one attached hydrogen (secondary N) is 4. The number of amides is 6. The molecule has 1 aromatic carbocycles. The molecule has 1 saturated heterocycles. The van der Waals surface area contributed by atoms with Crippen molar-refractivity contribution in [3.8, 4) is 22.8 Å². The lowest BCUT2D eigenvalue weighted by atomic mass is 10.0. The van der Waals surface area contributed by atoms with Crippen molar-refractivity contribution in [2.75, 3.05) is 98.3 Å². The maximum atomic E-state index is 15.2. The lowest BCUT2D eigenvalue weighted by Crippen LogP contribution is -2.57. The monoisotopic (exact) mass is 1080 g/mol. The van der Waals surface area contributed by atoms with Crippen molar-refractivity contribution in [1.82, 2.24) is 45.5 Å². The van der Waals surface area contributed by atoms with Crippen molar-refractivity contribution in [3.63, 3.8) is 0 Å². The number of fused-ring (bicyclic) bond motifs is 6. The first-order valence-corrected chi connectivity index (χ1v) is 27.3. The summed E-state index contributed by atoms with van der Waals surface area (Å²) >= 11 is 0. The highest BCUT2D eigenvalue weighted by Gasteiger charge is 2.40. The van der Waals surface area contributed by atoms with Crippen molar-refractivity contribution in [1.29, 1.82) is 0 Å². The Kier molecular flexibility index (Phi) is 21.8. The molecular weight excluding hydrogens is 1010 g/mol. The highest BCUT2D eigenvalue weighted by atomic mass is 32.2. The second-order valence-electron chi connectivity index (χ2n) is 20.6. The van der Waals surface area contributed by atoms with Gasteiger partial charge in [0, 0.05) is 81.7 Å². The third-order valence-electron chi connectivity index (χ3n) is 12.1. The number of carbonyl (C=O) groups excluding carboxylic acids is 6. The zero-order valence-electron chi connectivity index (χ0n) is 44.9. The number of pyridine rings is 2. The Morgan fingerprint density at radius 2 is 1.61 bits per heavy atom. The molecule has 76 heavy (non-hydrogen) atoms. The average molecular weight is 1090 g/mol. The first-order chi connectivity index (χ1) is 35.7. The van der Waals surface area contributed by atoms with Gasteiger partial charge in [-0.1, -0.05) is 13.8 Å². The van der Waals surface area contributed by atoms with Crippen LogP contribution in [0.3, 0.4) is 0 Å². The fraction of sp³-hybridized carbons (Fsp3) is 0.569. The summed E-state index contributed by atoms with van der Waals surface area (Å²) in [5.41, 5.74) is 5.76. The van der Waals surface area contributed by atoms with E-state index < -0.39 is 93.1 Å². The Morgan fingerprint density at radius 1 is 0.921 bits per heavy atom. The minimum absolute atomic E-state index is 0.0956. The SMILES string of the molecule is CC(C)[C@H](NC(=O)[C@@H]1CCCN1C(=O)[C@H](CC(N)=O)NC(=O)CN(C)CCN(C)CCN(C)CCNC(=O)OC(C)(C)C)C(=O)N=[S@](C)(=O)Cc1cc2nc(c1)OCCCOc1cc(F)ccc1-c1cc(ncc1F)N2. The van der Waals surface area contributed by atoms with Gasteiger partial charge >= 0.3 is 6.09 Å². The van der Waals surface area contributed by atoms with Gasteiger partial charge in [0.05, 0.1) is 47.9 Å². The first-order valence-electron chi connectivity index (χ1n) is 25.2. The molecular formula is C51H74F2N12O10S. The summed E-state index contributed by atoms with van der Waals surface area (Å²) < 4.78 is 64.6. The van der Waals surface area contributed by atoms with E-state index >= 15 is 4.39 Å². The van der Waals surface area contributed by atoms with Gasteiger partial charge in [-0.2, -0.15) is 9.35 Å². The van der Waals surface area contributed by atoms with Gasteiger partial charge in [-0.05, 0) is 90.5 Å². The number of alkyl carbamates (subject to hydrolysis) is 1.